The maximum atomic E-state index is 5.44. The topological polar surface area (TPSA) is 54.7 Å². The lowest BCUT2D eigenvalue weighted by Crippen LogP contribution is -1.84. The second-order valence-corrected chi connectivity index (χ2v) is 6.72. The summed E-state index contributed by atoms with van der Waals surface area (Å²) in [5.74, 6) is 1.12. The molecule has 0 aliphatic heterocycles. The first-order valence-corrected chi connectivity index (χ1v) is 8.02. The van der Waals surface area contributed by atoms with Gasteiger partial charge in [-0.1, -0.05) is 6.07 Å². The predicted octanol–water partition coefficient (Wildman–Crippen LogP) is 4.46. The third kappa shape index (κ3) is 2.07. The van der Waals surface area contributed by atoms with E-state index >= 15 is 0 Å². The lowest BCUT2D eigenvalue weighted by molar-refractivity contribution is 0.552. The van der Waals surface area contributed by atoms with Crippen molar-refractivity contribution in [2.24, 2.45) is 0 Å². The van der Waals surface area contributed by atoms with E-state index in [0.717, 1.165) is 15.6 Å². The fourth-order valence-corrected chi connectivity index (χ4v) is 3.95. The fourth-order valence-electron chi connectivity index (χ4n) is 1.95. The summed E-state index contributed by atoms with van der Waals surface area (Å²) in [5.41, 5.74) is 1.11. The second kappa shape index (κ2) is 4.36. The molecule has 3 aromatic heterocycles. The first-order valence-electron chi connectivity index (χ1n) is 5.92. The minimum absolute atomic E-state index is 0.308. The van der Waals surface area contributed by atoms with Crippen molar-refractivity contribution in [3.05, 3.63) is 28.0 Å². The average Bonchev–Trinajstić information content (AvgIpc) is 2.87. The van der Waals surface area contributed by atoms with Gasteiger partial charge in [0.2, 0.25) is 0 Å². The maximum absolute atomic E-state index is 5.44. The van der Waals surface area contributed by atoms with Crippen LogP contribution in [0.4, 0.5) is 0 Å². The average molecular weight is 307 g/mol. The number of hydrogen-bond donors (Lipinski definition) is 1. The Morgan fingerprint density at radius 3 is 2.95 bits per heavy atom. The molecule has 3 aromatic rings. The van der Waals surface area contributed by atoms with E-state index in [0.29, 0.717) is 16.6 Å². The van der Waals surface area contributed by atoms with Crippen LogP contribution >= 0.6 is 34.9 Å². The Kier molecular flexibility index (Phi) is 2.64. The van der Waals surface area contributed by atoms with E-state index in [4.69, 9.17) is 21.6 Å². The molecule has 4 nitrogen and oxygen atoms in total. The van der Waals surface area contributed by atoms with Gasteiger partial charge in [-0.2, -0.15) is 0 Å². The van der Waals surface area contributed by atoms with Crippen molar-refractivity contribution in [1.29, 1.82) is 0 Å². The molecular formula is C12H9N3OS3. The number of H-pyrrole nitrogens is 1. The standard InChI is InChI=1S/C12H9N3OS3/c17-12-15-14-10(16-12)9-8(6-3-4-6)13-11(19-9)7-2-1-5-18-7/h1-2,5-6H,3-4H2,(H,15,17). The molecule has 0 radical (unpaired) electrons. The van der Waals surface area contributed by atoms with Crippen LogP contribution in [0.2, 0.25) is 0 Å². The number of aromatic amines is 1. The van der Waals surface area contributed by atoms with E-state index in [-0.39, 0.29) is 0 Å². The van der Waals surface area contributed by atoms with Crippen LogP contribution in [-0.2, 0) is 0 Å². The third-order valence-electron chi connectivity index (χ3n) is 2.98. The molecule has 0 atom stereocenters. The monoisotopic (exact) mass is 307 g/mol. The van der Waals surface area contributed by atoms with Gasteiger partial charge >= 0.3 is 0 Å². The van der Waals surface area contributed by atoms with Crippen molar-refractivity contribution >= 4 is 34.9 Å². The number of aromatic nitrogens is 3. The van der Waals surface area contributed by atoms with E-state index in [1.165, 1.54) is 17.7 Å². The molecule has 1 aliphatic carbocycles. The summed E-state index contributed by atoms with van der Waals surface area (Å²) in [6, 6.07) is 4.13. The summed E-state index contributed by atoms with van der Waals surface area (Å²) in [5, 5.41) is 9.91. The number of hydrogen-bond acceptors (Lipinski definition) is 6. The molecule has 96 valence electrons. The normalized spacial score (nSPS) is 14.9. The van der Waals surface area contributed by atoms with Crippen LogP contribution in [0.5, 0.6) is 0 Å². The first kappa shape index (κ1) is 11.5. The Bertz CT molecular complexity index is 764. The molecule has 0 unspecified atom stereocenters. The van der Waals surface area contributed by atoms with Gasteiger partial charge in [0.1, 0.15) is 9.88 Å². The third-order valence-corrected chi connectivity index (χ3v) is 5.25. The molecule has 7 heteroatoms. The van der Waals surface area contributed by atoms with Crippen LogP contribution in [0.3, 0.4) is 0 Å². The van der Waals surface area contributed by atoms with Crippen molar-refractivity contribution in [3.8, 4) is 20.7 Å². The summed E-state index contributed by atoms with van der Waals surface area (Å²) in [4.78, 5) is 7.29. The second-order valence-electron chi connectivity index (χ2n) is 4.40. The Labute approximate surface area is 122 Å². The largest absolute Gasteiger partial charge is 0.408 e. The number of thiazole rings is 1. The summed E-state index contributed by atoms with van der Waals surface area (Å²) in [7, 11) is 0. The predicted molar refractivity (Wildman–Crippen MR) is 78.1 cm³/mol. The summed E-state index contributed by atoms with van der Waals surface area (Å²) < 4.78 is 5.44. The van der Waals surface area contributed by atoms with Gasteiger partial charge in [-0.3, -0.25) is 0 Å². The lowest BCUT2D eigenvalue weighted by atomic mass is 10.2. The SMILES string of the molecule is S=c1[nH]nc(-c2sc(-c3cccs3)nc2C2CC2)o1. The van der Waals surface area contributed by atoms with Gasteiger partial charge in [-0.15, -0.1) is 27.8 Å². The van der Waals surface area contributed by atoms with Gasteiger partial charge in [0.15, 0.2) is 0 Å². The molecular weight excluding hydrogens is 298 g/mol. The minimum atomic E-state index is 0.308. The molecule has 0 amide bonds. The Hall–Kier alpha value is -1.31. The molecule has 3 heterocycles. The van der Waals surface area contributed by atoms with Crippen LogP contribution in [0, 0.1) is 4.84 Å². The van der Waals surface area contributed by atoms with E-state index in [1.54, 1.807) is 22.7 Å². The van der Waals surface area contributed by atoms with Crippen molar-refractivity contribution in [1.82, 2.24) is 15.2 Å². The molecule has 1 N–H and O–H groups in total. The first-order chi connectivity index (χ1) is 9.31. The summed E-state index contributed by atoms with van der Waals surface area (Å²) in [6.45, 7) is 0. The van der Waals surface area contributed by atoms with Gasteiger partial charge in [0, 0.05) is 5.92 Å². The molecule has 1 saturated carbocycles. The maximum Gasteiger partial charge on any atom is 0.284 e. The molecule has 0 aromatic carbocycles. The van der Waals surface area contributed by atoms with Gasteiger partial charge in [-0.25, -0.2) is 10.1 Å². The zero-order valence-electron chi connectivity index (χ0n) is 9.75. The minimum Gasteiger partial charge on any atom is -0.408 e. The number of thiophene rings is 1. The van der Waals surface area contributed by atoms with Crippen LogP contribution in [0.1, 0.15) is 24.5 Å². The summed E-state index contributed by atoms with van der Waals surface area (Å²) >= 11 is 8.27. The lowest BCUT2D eigenvalue weighted by Gasteiger charge is -1.92. The Morgan fingerprint density at radius 2 is 2.32 bits per heavy atom. The van der Waals surface area contributed by atoms with Crippen molar-refractivity contribution in [3.63, 3.8) is 0 Å². The van der Waals surface area contributed by atoms with Gasteiger partial charge in [0.05, 0.1) is 10.6 Å². The van der Waals surface area contributed by atoms with Crippen LogP contribution in [-0.4, -0.2) is 15.2 Å². The van der Waals surface area contributed by atoms with Crippen molar-refractivity contribution in [2.75, 3.05) is 0 Å². The number of rotatable bonds is 3. The smallest absolute Gasteiger partial charge is 0.284 e. The highest BCUT2D eigenvalue weighted by molar-refractivity contribution is 7.71. The zero-order chi connectivity index (χ0) is 12.8. The van der Waals surface area contributed by atoms with Gasteiger partial charge < -0.3 is 4.42 Å². The molecule has 1 fully saturated rings. The van der Waals surface area contributed by atoms with E-state index < -0.39 is 0 Å². The molecule has 0 bridgehead atoms. The van der Waals surface area contributed by atoms with Crippen LogP contribution in [0.25, 0.3) is 20.7 Å². The highest BCUT2D eigenvalue weighted by Crippen LogP contribution is 2.47. The highest BCUT2D eigenvalue weighted by Gasteiger charge is 2.32. The van der Waals surface area contributed by atoms with Crippen molar-refractivity contribution < 1.29 is 4.42 Å². The van der Waals surface area contributed by atoms with Crippen LogP contribution < -0.4 is 0 Å². The van der Waals surface area contributed by atoms with Gasteiger partial charge in [-0.05, 0) is 36.5 Å². The molecule has 1 aliphatic rings. The van der Waals surface area contributed by atoms with E-state index in [9.17, 15) is 0 Å². The van der Waals surface area contributed by atoms with Gasteiger partial charge in [0.25, 0.3) is 10.7 Å². The Balaban J connectivity index is 1.87. The van der Waals surface area contributed by atoms with Crippen molar-refractivity contribution in [2.45, 2.75) is 18.8 Å². The summed E-state index contributed by atoms with van der Waals surface area (Å²) in [6.07, 6.45) is 2.40. The quantitative estimate of drug-likeness (QED) is 0.726. The van der Waals surface area contributed by atoms with Crippen LogP contribution in [0.15, 0.2) is 21.9 Å². The molecule has 0 saturated heterocycles. The molecule has 19 heavy (non-hydrogen) atoms. The molecule has 0 spiro atoms. The number of nitrogens with one attached hydrogen (secondary N) is 1. The highest BCUT2D eigenvalue weighted by atomic mass is 32.1. The zero-order valence-corrected chi connectivity index (χ0v) is 12.2. The molecule has 4 rings (SSSR count). The number of nitrogens with zero attached hydrogens (tertiary/aromatic N) is 2. The fraction of sp³-hybridized carbons (Fsp3) is 0.250. The Morgan fingerprint density at radius 1 is 1.42 bits per heavy atom. The van der Waals surface area contributed by atoms with E-state index in [1.807, 2.05) is 6.07 Å². The van der Waals surface area contributed by atoms with E-state index in [2.05, 4.69) is 21.6 Å².